The van der Waals surface area contributed by atoms with Gasteiger partial charge in [0.1, 0.15) is 0 Å². The molecule has 0 saturated heterocycles. The second-order valence-electron chi connectivity index (χ2n) is 0.959. The summed E-state index contributed by atoms with van der Waals surface area (Å²) in [4.78, 5) is 9.77. The molecule has 35 valence electrons. The summed E-state index contributed by atoms with van der Waals surface area (Å²) in [6.07, 6.45) is 0.990. The Morgan fingerprint density at radius 1 is 1.83 bits per heavy atom. The van der Waals surface area contributed by atoms with E-state index in [4.69, 9.17) is 11.6 Å². The highest BCUT2D eigenvalue weighted by molar-refractivity contribution is 6.63. The monoisotopic (exact) mass is 105 g/mol. The second-order valence-corrected chi connectivity index (χ2v) is 1.38. The van der Waals surface area contributed by atoms with Crippen molar-refractivity contribution in [3.63, 3.8) is 0 Å². The van der Waals surface area contributed by atoms with E-state index in [1.54, 1.807) is 0 Å². The van der Waals surface area contributed by atoms with Crippen LogP contribution in [0.25, 0.3) is 0 Å². The molecule has 0 saturated carbocycles. The number of hydrogen-bond acceptors (Lipinski definition) is 1. The van der Waals surface area contributed by atoms with Crippen molar-refractivity contribution in [2.75, 3.05) is 0 Å². The van der Waals surface area contributed by atoms with Gasteiger partial charge in [0.05, 0.1) is 0 Å². The molecular weight excluding hydrogens is 99.5 g/mol. The van der Waals surface area contributed by atoms with Crippen LogP contribution in [-0.2, 0) is 4.79 Å². The van der Waals surface area contributed by atoms with Crippen LogP contribution < -0.4 is 0 Å². The molecule has 0 heterocycles. The van der Waals surface area contributed by atoms with Gasteiger partial charge in [-0.1, -0.05) is 6.92 Å². The Bertz CT molecular complexity index is 51.5. The quantitative estimate of drug-likeness (QED) is 0.485. The van der Waals surface area contributed by atoms with Crippen LogP contribution in [0.4, 0.5) is 0 Å². The molecule has 0 amide bonds. The fourth-order valence-corrected chi connectivity index (χ4v) is 0.273. The van der Waals surface area contributed by atoms with E-state index in [0.717, 1.165) is 0 Å². The molecule has 0 spiro atoms. The fraction of sp³-hybridized carbons (Fsp3) is 0.500. The lowest BCUT2D eigenvalue weighted by atomic mass is 10.4. The number of carbonyl (C=O) groups is 1. The van der Waals surface area contributed by atoms with Gasteiger partial charge in [0.2, 0.25) is 5.24 Å². The van der Waals surface area contributed by atoms with Gasteiger partial charge in [0, 0.05) is 6.42 Å². The molecule has 0 fully saturated rings. The Morgan fingerprint density at radius 2 is 2.33 bits per heavy atom. The highest BCUT2D eigenvalue weighted by Crippen LogP contribution is 1.90. The predicted octanol–water partition coefficient (Wildman–Crippen LogP) is 1.37. The summed E-state index contributed by atoms with van der Waals surface area (Å²) >= 11 is 4.90. The maximum absolute atomic E-state index is 9.77. The van der Waals surface area contributed by atoms with Gasteiger partial charge in [-0.25, -0.2) is 0 Å². The zero-order valence-electron chi connectivity index (χ0n) is 3.41. The Labute approximate surface area is 42.3 Å². The number of halogens is 1. The zero-order valence-corrected chi connectivity index (χ0v) is 4.16. The Kier molecular flexibility index (Phi) is 3.14. The van der Waals surface area contributed by atoms with Gasteiger partial charge in [-0.05, 0) is 18.0 Å². The molecule has 0 aliphatic carbocycles. The first-order valence-corrected chi connectivity index (χ1v) is 2.12. The van der Waals surface area contributed by atoms with Crippen molar-refractivity contribution in [2.24, 2.45) is 0 Å². The maximum Gasteiger partial charge on any atom is 0.221 e. The zero-order chi connectivity index (χ0) is 4.99. The van der Waals surface area contributed by atoms with Crippen molar-refractivity contribution in [1.29, 1.82) is 0 Å². The summed E-state index contributed by atoms with van der Waals surface area (Å²) in [7, 11) is 0. The van der Waals surface area contributed by atoms with Gasteiger partial charge in [-0.15, -0.1) is 0 Å². The van der Waals surface area contributed by atoms with Gasteiger partial charge < -0.3 is 0 Å². The molecule has 0 rings (SSSR count). The molecule has 6 heavy (non-hydrogen) atoms. The molecule has 0 unspecified atom stereocenters. The minimum Gasteiger partial charge on any atom is -0.281 e. The minimum atomic E-state index is -0.301. The van der Waals surface area contributed by atoms with Crippen molar-refractivity contribution >= 4 is 16.8 Å². The van der Waals surface area contributed by atoms with Gasteiger partial charge in [-0.3, -0.25) is 4.79 Å². The highest BCUT2D eigenvalue weighted by atomic mass is 35.5. The van der Waals surface area contributed by atoms with Crippen molar-refractivity contribution in [3.8, 4) is 0 Å². The third kappa shape index (κ3) is 3.96. The van der Waals surface area contributed by atoms with Crippen LogP contribution in [0.1, 0.15) is 12.8 Å². The normalized spacial score (nSPS) is 8.33. The van der Waals surface area contributed by atoms with Crippen LogP contribution in [0.3, 0.4) is 0 Å². The van der Waals surface area contributed by atoms with E-state index in [9.17, 15) is 4.79 Å². The van der Waals surface area contributed by atoms with E-state index in [1.807, 2.05) is 0 Å². The lowest BCUT2D eigenvalue weighted by Crippen LogP contribution is -1.80. The van der Waals surface area contributed by atoms with E-state index in [0.29, 0.717) is 12.8 Å². The molecule has 0 N–H and O–H groups in total. The van der Waals surface area contributed by atoms with E-state index in [-0.39, 0.29) is 5.24 Å². The number of carbonyl (C=O) groups excluding carboxylic acids is 1. The largest absolute Gasteiger partial charge is 0.281 e. The summed E-state index contributed by atoms with van der Waals surface area (Å²) in [6, 6.07) is 0. The van der Waals surface area contributed by atoms with Gasteiger partial charge in [-0.2, -0.15) is 0 Å². The number of hydrogen-bond donors (Lipinski definition) is 0. The molecule has 0 bridgehead atoms. The van der Waals surface area contributed by atoms with E-state index in [1.165, 1.54) is 0 Å². The van der Waals surface area contributed by atoms with Gasteiger partial charge in [0.25, 0.3) is 0 Å². The van der Waals surface area contributed by atoms with Crippen LogP contribution in [0, 0.1) is 6.92 Å². The summed E-state index contributed by atoms with van der Waals surface area (Å²) < 4.78 is 0. The molecule has 0 aliphatic rings. The Balaban J connectivity index is 2.83. The Morgan fingerprint density at radius 3 is 2.33 bits per heavy atom. The third-order valence-corrected chi connectivity index (χ3v) is 0.562. The standard InChI is InChI=1S/C4H6ClO/c1-2-3-4(5)6/h1-3H2. The molecule has 0 aliphatic heterocycles. The van der Waals surface area contributed by atoms with E-state index < -0.39 is 0 Å². The smallest absolute Gasteiger partial charge is 0.221 e. The van der Waals surface area contributed by atoms with E-state index >= 15 is 0 Å². The molecule has 1 nitrogen and oxygen atoms in total. The van der Waals surface area contributed by atoms with Crippen molar-refractivity contribution in [3.05, 3.63) is 6.92 Å². The van der Waals surface area contributed by atoms with Crippen molar-refractivity contribution in [1.82, 2.24) is 0 Å². The second kappa shape index (κ2) is 3.16. The first-order valence-electron chi connectivity index (χ1n) is 1.75. The molecule has 0 aromatic carbocycles. The first-order chi connectivity index (χ1) is 2.77. The van der Waals surface area contributed by atoms with Crippen molar-refractivity contribution < 1.29 is 4.79 Å². The number of rotatable bonds is 2. The van der Waals surface area contributed by atoms with Crippen LogP contribution in [0.15, 0.2) is 0 Å². The topological polar surface area (TPSA) is 17.1 Å². The lowest BCUT2D eigenvalue weighted by Gasteiger charge is -1.77. The average molecular weight is 106 g/mol. The van der Waals surface area contributed by atoms with E-state index in [2.05, 4.69) is 6.92 Å². The lowest BCUT2D eigenvalue weighted by molar-refractivity contribution is -0.111. The van der Waals surface area contributed by atoms with Crippen LogP contribution in [-0.4, -0.2) is 5.24 Å². The predicted molar refractivity (Wildman–Crippen MR) is 25.5 cm³/mol. The average Bonchev–Trinajstić information content (AvgIpc) is 1.35. The molecule has 1 radical (unpaired) electrons. The van der Waals surface area contributed by atoms with Gasteiger partial charge >= 0.3 is 0 Å². The summed E-state index contributed by atoms with van der Waals surface area (Å²) in [6.45, 7) is 3.42. The first kappa shape index (κ1) is 5.96. The van der Waals surface area contributed by atoms with Gasteiger partial charge in [0.15, 0.2) is 0 Å². The summed E-state index contributed by atoms with van der Waals surface area (Å²) in [5.41, 5.74) is 0. The van der Waals surface area contributed by atoms with Crippen LogP contribution >= 0.6 is 11.6 Å². The molecular formula is C4H6ClO. The SMILES string of the molecule is [CH2]CCC(=O)Cl. The molecule has 0 atom stereocenters. The van der Waals surface area contributed by atoms with Crippen LogP contribution in [0.5, 0.6) is 0 Å². The molecule has 2 heteroatoms. The Hall–Kier alpha value is -0.0400. The summed E-state index contributed by atoms with van der Waals surface area (Å²) in [5, 5.41) is -0.301. The third-order valence-electron chi connectivity index (χ3n) is 0.373. The minimum absolute atomic E-state index is 0.301. The van der Waals surface area contributed by atoms with Crippen molar-refractivity contribution in [2.45, 2.75) is 12.8 Å². The summed E-state index contributed by atoms with van der Waals surface area (Å²) in [5.74, 6) is 0. The highest BCUT2D eigenvalue weighted by Gasteiger charge is 1.87. The molecule has 0 aromatic rings. The fourth-order valence-electron chi connectivity index (χ4n) is 0.139. The maximum atomic E-state index is 9.77. The molecule has 0 aromatic heterocycles. The van der Waals surface area contributed by atoms with Crippen LogP contribution in [0.2, 0.25) is 0 Å².